The number of piperazine rings is 1. The van der Waals surface area contributed by atoms with Crippen LogP contribution in [0.25, 0.3) is 0 Å². The second kappa shape index (κ2) is 5.27. The normalized spacial score (nSPS) is 19.6. The monoisotopic (exact) mass is 224 g/mol. The van der Waals surface area contributed by atoms with Crippen LogP contribution in [-0.4, -0.2) is 42.9 Å². The van der Waals surface area contributed by atoms with Gasteiger partial charge in [0.15, 0.2) is 0 Å². The van der Waals surface area contributed by atoms with Crippen LogP contribution in [0.15, 0.2) is 24.3 Å². The summed E-state index contributed by atoms with van der Waals surface area (Å²) < 4.78 is 13.1. The SMILES string of the molecule is Oc1cccc([C@@H](CF)N2CCNCC2)c1. The first-order valence-electron chi connectivity index (χ1n) is 5.61. The molecule has 4 heteroatoms. The van der Waals surface area contributed by atoms with Gasteiger partial charge < -0.3 is 10.4 Å². The van der Waals surface area contributed by atoms with Crippen LogP contribution in [0.4, 0.5) is 4.39 Å². The lowest BCUT2D eigenvalue weighted by Crippen LogP contribution is -2.45. The number of nitrogens with one attached hydrogen (secondary N) is 1. The minimum absolute atomic E-state index is 0.200. The zero-order valence-corrected chi connectivity index (χ0v) is 9.19. The number of phenolic OH excluding ortho intramolecular Hbond substituents is 1. The van der Waals surface area contributed by atoms with Crippen LogP contribution in [0.2, 0.25) is 0 Å². The second-order valence-corrected chi connectivity index (χ2v) is 4.05. The van der Waals surface area contributed by atoms with E-state index >= 15 is 0 Å². The maximum Gasteiger partial charge on any atom is 0.115 e. The van der Waals surface area contributed by atoms with Gasteiger partial charge in [-0.15, -0.1) is 0 Å². The van der Waals surface area contributed by atoms with Gasteiger partial charge in [-0.1, -0.05) is 12.1 Å². The van der Waals surface area contributed by atoms with Crippen molar-refractivity contribution in [3.8, 4) is 5.75 Å². The number of benzene rings is 1. The zero-order chi connectivity index (χ0) is 11.4. The van der Waals surface area contributed by atoms with E-state index in [1.54, 1.807) is 18.2 Å². The number of hydrogen-bond donors (Lipinski definition) is 2. The molecule has 0 aromatic heterocycles. The van der Waals surface area contributed by atoms with Gasteiger partial charge in [-0.2, -0.15) is 0 Å². The predicted molar refractivity (Wildman–Crippen MR) is 61.3 cm³/mol. The molecule has 16 heavy (non-hydrogen) atoms. The summed E-state index contributed by atoms with van der Waals surface area (Å²) in [7, 11) is 0. The Morgan fingerprint density at radius 1 is 1.38 bits per heavy atom. The molecule has 1 aliphatic rings. The van der Waals surface area contributed by atoms with Crippen molar-refractivity contribution in [3.63, 3.8) is 0 Å². The summed E-state index contributed by atoms with van der Waals surface area (Å²) in [5, 5.41) is 12.6. The summed E-state index contributed by atoms with van der Waals surface area (Å²) >= 11 is 0. The van der Waals surface area contributed by atoms with Gasteiger partial charge in [0.2, 0.25) is 0 Å². The smallest absolute Gasteiger partial charge is 0.115 e. The van der Waals surface area contributed by atoms with E-state index < -0.39 is 6.67 Å². The summed E-state index contributed by atoms with van der Waals surface area (Å²) in [6, 6.07) is 6.65. The first kappa shape index (κ1) is 11.4. The number of phenols is 1. The molecular weight excluding hydrogens is 207 g/mol. The number of aromatic hydroxyl groups is 1. The molecule has 0 unspecified atom stereocenters. The van der Waals surface area contributed by atoms with Crippen LogP contribution >= 0.6 is 0 Å². The van der Waals surface area contributed by atoms with Crippen LogP contribution in [0.3, 0.4) is 0 Å². The molecule has 2 N–H and O–H groups in total. The Balaban J connectivity index is 2.14. The van der Waals surface area contributed by atoms with Gasteiger partial charge >= 0.3 is 0 Å². The average Bonchev–Trinajstić information content (AvgIpc) is 2.31. The first-order valence-corrected chi connectivity index (χ1v) is 5.61. The summed E-state index contributed by atoms with van der Waals surface area (Å²) in [6.07, 6.45) is 0. The van der Waals surface area contributed by atoms with E-state index in [1.165, 1.54) is 0 Å². The van der Waals surface area contributed by atoms with Gasteiger partial charge in [-0.3, -0.25) is 4.90 Å². The lowest BCUT2D eigenvalue weighted by Gasteiger charge is -2.33. The molecule has 2 rings (SSSR count). The molecule has 1 aliphatic heterocycles. The summed E-state index contributed by atoms with van der Waals surface area (Å²) in [5.74, 6) is 0.200. The number of rotatable bonds is 3. The van der Waals surface area contributed by atoms with Crippen molar-refractivity contribution in [1.82, 2.24) is 10.2 Å². The second-order valence-electron chi connectivity index (χ2n) is 4.05. The number of nitrogens with zero attached hydrogens (tertiary/aromatic N) is 1. The Hall–Kier alpha value is -1.13. The largest absolute Gasteiger partial charge is 0.508 e. The highest BCUT2D eigenvalue weighted by atomic mass is 19.1. The Labute approximate surface area is 94.9 Å². The lowest BCUT2D eigenvalue weighted by molar-refractivity contribution is 0.147. The van der Waals surface area contributed by atoms with Crippen LogP contribution in [0, 0.1) is 0 Å². The minimum atomic E-state index is -0.413. The van der Waals surface area contributed by atoms with E-state index in [9.17, 15) is 9.50 Å². The van der Waals surface area contributed by atoms with Crippen molar-refractivity contribution >= 4 is 0 Å². The number of halogens is 1. The topological polar surface area (TPSA) is 35.5 Å². The van der Waals surface area contributed by atoms with Crippen molar-refractivity contribution in [1.29, 1.82) is 0 Å². The quantitative estimate of drug-likeness (QED) is 0.812. The molecule has 1 heterocycles. The molecule has 1 atom stereocenters. The molecule has 0 radical (unpaired) electrons. The summed E-state index contributed by atoms with van der Waals surface area (Å²) in [6.45, 7) is 3.09. The third-order valence-corrected chi connectivity index (χ3v) is 2.99. The van der Waals surface area contributed by atoms with E-state index in [2.05, 4.69) is 10.2 Å². The van der Waals surface area contributed by atoms with Crippen molar-refractivity contribution < 1.29 is 9.50 Å². The van der Waals surface area contributed by atoms with E-state index in [4.69, 9.17) is 0 Å². The van der Waals surface area contributed by atoms with Gasteiger partial charge in [0.05, 0.1) is 6.04 Å². The average molecular weight is 224 g/mol. The molecular formula is C12H17FN2O. The predicted octanol–water partition coefficient (Wildman–Crippen LogP) is 1.31. The van der Waals surface area contributed by atoms with E-state index in [0.29, 0.717) is 0 Å². The standard InChI is InChI=1S/C12H17FN2O/c13-9-12(15-6-4-14-5-7-15)10-2-1-3-11(16)8-10/h1-3,8,12,14,16H,4-7,9H2/t12-/m1/s1. The molecule has 0 amide bonds. The summed E-state index contributed by atoms with van der Waals surface area (Å²) in [5.41, 5.74) is 0.851. The molecule has 88 valence electrons. The zero-order valence-electron chi connectivity index (χ0n) is 9.19. The fourth-order valence-electron chi connectivity index (χ4n) is 2.12. The van der Waals surface area contributed by atoms with Crippen LogP contribution in [-0.2, 0) is 0 Å². The Bertz CT molecular complexity index is 340. The third kappa shape index (κ3) is 2.51. The molecule has 1 aromatic carbocycles. The molecule has 0 spiro atoms. The highest BCUT2D eigenvalue weighted by Gasteiger charge is 2.22. The van der Waals surface area contributed by atoms with Crippen molar-refractivity contribution in [2.45, 2.75) is 6.04 Å². The van der Waals surface area contributed by atoms with Crippen molar-refractivity contribution in [2.24, 2.45) is 0 Å². The highest BCUT2D eigenvalue weighted by molar-refractivity contribution is 5.29. The fourth-order valence-corrected chi connectivity index (χ4v) is 2.12. The Morgan fingerprint density at radius 2 is 2.12 bits per heavy atom. The molecule has 0 saturated carbocycles. The molecule has 3 nitrogen and oxygen atoms in total. The van der Waals surface area contributed by atoms with Crippen LogP contribution in [0.5, 0.6) is 5.75 Å². The molecule has 0 aliphatic carbocycles. The molecule has 1 fully saturated rings. The van der Waals surface area contributed by atoms with Gasteiger partial charge in [-0.25, -0.2) is 4.39 Å². The van der Waals surface area contributed by atoms with Gasteiger partial charge in [0, 0.05) is 26.2 Å². The third-order valence-electron chi connectivity index (χ3n) is 2.99. The Kier molecular flexibility index (Phi) is 3.74. The van der Waals surface area contributed by atoms with Crippen molar-refractivity contribution in [2.75, 3.05) is 32.9 Å². The lowest BCUT2D eigenvalue weighted by atomic mass is 10.1. The van der Waals surface area contributed by atoms with Gasteiger partial charge in [0.1, 0.15) is 12.4 Å². The molecule has 0 bridgehead atoms. The van der Waals surface area contributed by atoms with E-state index in [-0.39, 0.29) is 11.8 Å². The van der Waals surface area contributed by atoms with Crippen LogP contribution in [0.1, 0.15) is 11.6 Å². The van der Waals surface area contributed by atoms with Crippen LogP contribution < -0.4 is 5.32 Å². The summed E-state index contributed by atoms with van der Waals surface area (Å²) in [4.78, 5) is 2.12. The minimum Gasteiger partial charge on any atom is -0.508 e. The first-order chi connectivity index (χ1) is 7.81. The maximum atomic E-state index is 13.1. The maximum absolute atomic E-state index is 13.1. The fraction of sp³-hybridized carbons (Fsp3) is 0.500. The van der Waals surface area contributed by atoms with Gasteiger partial charge in [0.25, 0.3) is 0 Å². The van der Waals surface area contributed by atoms with Gasteiger partial charge in [-0.05, 0) is 17.7 Å². The Morgan fingerprint density at radius 3 is 2.75 bits per heavy atom. The van der Waals surface area contributed by atoms with E-state index in [1.807, 2.05) is 6.07 Å². The number of hydrogen-bond acceptors (Lipinski definition) is 3. The molecule has 1 aromatic rings. The van der Waals surface area contributed by atoms with Crippen molar-refractivity contribution in [3.05, 3.63) is 29.8 Å². The molecule has 1 saturated heterocycles. The highest BCUT2D eigenvalue weighted by Crippen LogP contribution is 2.24. The number of alkyl halides is 1. The van der Waals surface area contributed by atoms with E-state index in [0.717, 1.165) is 31.7 Å².